The molecule has 0 saturated heterocycles. The van der Waals surface area contributed by atoms with Gasteiger partial charge in [0, 0.05) is 4.47 Å². The average molecular weight is 330 g/mol. The number of benzene rings is 1. The molecule has 2 rings (SSSR count). The number of carbonyl (C=O) groups is 2. The number of aliphatic carboxylic acids is 1. The molecule has 0 spiro atoms. The number of halogens is 2. The molecule has 0 aromatic heterocycles. The Morgan fingerprint density at radius 3 is 2.53 bits per heavy atom. The summed E-state index contributed by atoms with van der Waals surface area (Å²) in [7, 11) is 0. The molecule has 0 heterocycles. The lowest BCUT2D eigenvalue weighted by Gasteiger charge is -2.07. The topological polar surface area (TPSA) is 66.4 Å². The number of carbonyl (C=O) groups excluding carboxylic acids is 1. The molecule has 0 unspecified atom stereocenters. The number of anilines is 1. The summed E-state index contributed by atoms with van der Waals surface area (Å²) in [4.78, 5) is 23.0. The summed E-state index contributed by atoms with van der Waals surface area (Å²) in [6, 6.07) is 4.19. The number of carboxylic acids is 1. The van der Waals surface area contributed by atoms with Crippen molar-refractivity contribution in [1.29, 1.82) is 0 Å². The van der Waals surface area contributed by atoms with Crippen LogP contribution in [0.4, 0.5) is 10.1 Å². The van der Waals surface area contributed by atoms with E-state index in [0.717, 1.165) is 0 Å². The van der Waals surface area contributed by atoms with Crippen LogP contribution in [-0.2, 0) is 9.59 Å². The Morgan fingerprint density at radius 1 is 1.37 bits per heavy atom. The molecule has 1 aliphatic carbocycles. The number of hydrogen-bond donors (Lipinski definition) is 2. The molecule has 1 aliphatic rings. The molecule has 0 aliphatic heterocycles. The molecule has 19 heavy (non-hydrogen) atoms. The van der Waals surface area contributed by atoms with Gasteiger partial charge in [0.2, 0.25) is 5.91 Å². The maximum absolute atomic E-state index is 13.5. The largest absolute Gasteiger partial charge is 0.481 e. The number of rotatable bonds is 3. The summed E-state index contributed by atoms with van der Waals surface area (Å²) in [6.07, 6.45) is 0. The summed E-state index contributed by atoms with van der Waals surface area (Å²) >= 11 is 3.18. The number of nitrogens with one attached hydrogen (secondary N) is 1. The summed E-state index contributed by atoms with van der Waals surface area (Å²) in [5.74, 6) is -3.37. The summed E-state index contributed by atoms with van der Waals surface area (Å²) in [6.45, 7) is 3.43. The highest BCUT2D eigenvalue weighted by Gasteiger charge is 2.65. The van der Waals surface area contributed by atoms with Crippen LogP contribution in [0.3, 0.4) is 0 Å². The fourth-order valence-electron chi connectivity index (χ4n) is 2.39. The van der Waals surface area contributed by atoms with E-state index >= 15 is 0 Å². The first-order valence-corrected chi connectivity index (χ1v) is 6.53. The van der Waals surface area contributed by atoms with Crippen LogP contribution in [0.2, 0.25) is 0 Å². The number of carboxylic acid groups (broad SMARTS) is 1. The Morgan fingerprint density at radius 2 is 2.00 bits per heavy atom. The highest BCUT2D eigenvalue weighted by Crippen LogP contribution is 2.58. The van der Waals surface area contributed by atoms with E-state index in [9.17, 15) is 14.0 Å². The van der Waals surface area contributed by atoms with Crippen molar-refractivity contribution in [3.63, 3.8) is 0 Å². The minimum Gasteiger partial charge on any atom is -0.481 e. The number of hydrogen-bond acceptors (Lipinski definition) is 2. The van der Waals surface area contributed by atoms with Crippen molar-refractivity contribution < 1.29 is 19.1 Å². The highest BCUT2D eigenvalue weighted by molar-refractivity contribution is 9.10. The van der Waals surface area contributed by atoms with E-state index in [4.69, 9.17) is 5.11 Å². The first kappa shape index (κ1) is 14.0. The zero-order valence-corrected chi connectivity index (χ0v) is 12.0. The fourth-order valence-corrected chi connectivity index (χ4v) is 2.75. The van der Waals surface area contributed by atoms with Gasteiger partial charge in [-0.3, -0.25) is 9.59 Å². The van der Waals surface area contributed by atoms with Gasteiger partial charge >= 0.3 is 5.97 Å². The van der Waals surface area contributed by atoms with E-state index in [-0.39, 0.29) is 5.69 Å². The molecule has 4 nitrogen and oxygen atoms in total. The van der Waals surface area contributed by atoms with Gasteiger partial charge in [0.1, 0.15) is 5.82 Å². The van der Waals surface area contributed by atoms with E-state index in [0.29, 0.717) is 4.47 Å². The van der Waals surface area contributed by atoms with Crippen LogP contribution in [-0.4, -0.2) is 17.0 Å². The molecule has 2 N–H and O–H groups in total. The van der Waals surface area contributed by atoms with Gasteiger partial charge in [0.25, 0.3) is 0 Å². The molecule has 1 fully saturated rings. The van der Waals surface area contributed by atoms with Crippen molar-refractivity contribution in [2.24, 2.45) is 17.3 Å². The molecule has 0 radical (unpaired) electrons. The summed E-state index contributed by atoms with van der Waals surface area (Å²) < 4.78 is 14.1. The van der Waals surface area contributed by atoms with Crippen molar-refractivity contribution in [2.45, 2.75) is 13.8 Å². The third-order valence-electron chi connectivity index (χ3n) is 3.56. The summed E-state index contributed by atoms with van der Waals surface area (Å²) in [5, 5.41) is 11.5. The van der Waals surface area contributed by atoms with Crippen molar-refractivity contribution in [2.75, 3.05) is 5.32 Å². The standard InChI is InChI=1S/C13H13BrFNO3/c1-13(2)9(10(13)12(18)19)11(17)16-8-5-6(14)3-4-7(8)15/h3-5,9-10H,1-2H3,(H,16,17)(H,18,19)/t9-,10+/m1/s1. The normalized spacial score (nSPS) is 23.8. The molecule has 102 valence electrons. The summed E-state index contributed by atoms with van der Waals surface area (Å²) in [5.41, 5.74) is -0.551. The Bertz CT molecular complexity index is 559. The minimum atomic E-state index is -1.00. The van der Waals surface area contributed by atoms with Crippen LogP contribution >= 0.6 is 15.9 Å². The van der Waals surface area contributed by atoms with Crippen molar-refractivity contribution in [3.05, 3.63) is 28.5 Å². The lowest BCUT2D eigenvalue weighted by atomic mass is 10.1. The Kier molecular flexibility index (Phi) is 3.38. The third kappa shape index (κ3) is 2.49. The maximum atomic E-state index is 13.5. The van der Waals surface area contributed by atoms with Crippen LogP contribution in [0.25, 0.3) is 0 Å². The Hall–Kier alpha value is -1.43. The number of amides is 1. The van der Waals surface area contributed by atoms with E-state index in [2.05, 4.69) is 21.2 Å². The predicted octanol–water partition coefficient (Wildman–Crippen LogP) is 2.88. The molecule has 1 saturated carbocycles. The molecule has 1 aromatic rings. The van der Waals surface area contributed by atoms with E-state index < -0.39 is 34.9 Å². The van der Waals surface area contributed by atoms with Gasteiger partial charge in [-0.05, 0) is 23.6 Å². The lowest BCUT2D eigenvalue weighted by Crippen LogP contribution is -2.18. The van der Waals surface area contributed by atoms with Crippen LogP contribution in [0.1, 0.15) is 13.8 Å². The molecule has 6 heteroatoms. The van der Waals surface area contributed by atoms with Crippen molar-refractivity contribution in [1.82, 2.24) is 0 Å². The third-order valence-corrected chi connectivity index (χ3v) is 4.06. The SMILES string of the molecule is CC1(C)[C@H](C(=O)O)[C@@H]1C(=O)Nc1cc(Br)ccc1F. The molecular formula is C13H13BrFNO3. The second kappa shape index (κ2) is 4.59. The zero-order chi connectivity index (χ0) is 14.4. The highest BCUT2D eigenvalue weighted by atomic mass is 79.9. The quantitative estimate of drug-likeness (QED) is 0.896. The van der Waals surface area contributed by atoms with Crippen LogP contribution in [0, 0.1) is 23.1 Å². The Balaban J connectivity index is 2.15. The first-order chi connectivity index (χ1) is 8.75. The van der Waals surface area contributed by atoms with Crippen LogP contribution in [0.15, 0.2) is 22.7 Å². The second-order valence-electron chi connectivity index (χ2n) is 5.23. The van der Waals surface area contributed by atoms with Crippen LogP contribution < -0.4 is 5.32 Å². The predicted molar refractivity (Wildman–Crippen MR) is 71.1 cm³/mol. The van der Waals surface area contributed by atoms with E-state index in [1.54, 1.807) is 13.8 Å². The Labute approximate surface area is 118 Å². The molecular weight excluding hydrogens is 317 g/mol. The van der Waals surface area contributed by atoms with Gasteiger partial charge < -0.3 is 10.4 Å². The van der Waals surface area contributed by atoms with Gasteiger partial charge in [0.15, 0.2) is 0 Å². The fraction of sp³-hybridized carbons (Fsp3) is 0.385. The smallest absolute Gasteiger partial charge is 0.307 e. The monoisotopic (exact) mass is 329 g/mol. The minimum absolute atomic E-state index is 0.0474. The molecule has 2 atom stereocenters. The van der Waals surface area contributed by atoms with E-state index in [1.165, 1.54) is 18.2 Å². The van der Waals surface area contributed by atoms with Gasteiger partial charge in [-0.1, -0.05) is 29.8 Å². The van der Waals surface area contributed by atoms with Crippen molar-refractivity contribution in [3.8, 4) is 0 Å². The average Bonchev–Trinajstić information content (AvgIpc) is 2.87. The zero-order valence-electron chi connectivity index (χ0n) is 10.4. The molecule has 0 bridgehead atoms. The first-order valence-electron chi connectivity index (χ1n) is 5.74. The van der Waals surface area contributed by atoms with Gasteiger partial charge in [-0.15, -0.1) is 0 Å². The van der Waals surface area contributed by atoms with Crippen molar-refractivity contribution >= 4 is 33.5 Å². The maximum Gasteiger partial charge on any atom is 0.307 e. The van der Waals surface area contributed by atoms with Gasteiger partial charge in [0.05, 0.1) is 17.5 Å². The molecule has 1 aromatic carbocycles. The van der Waals surface area contributed by atoms with Gasteiger partial charge in [-0.2, -0.15) is 0 Å². The van der Waals surface area contributed by atoms with Gasteiger partial charge in [-0.25, -0.2) is 4.39 Å². The lowest BCUT2D eigenvalue weighted by molar-refractivity contribution is -0.140. The molecule has 1 amide bonds. The second-order valence-corrected chi connectivity index (χ2v) is 6.14. The van der Waals surface area contributed by atoms with Crippen LogP contribution in [0.5, 0.6) is 0 Å². The van der Waals surface area contributed by atoms with E-state index in [1.807, 2.05) is 0 Å².